The molecular formula is C13H8F9NO6S. The van der Waals surface area contributed by atoms with E-state index in [0.29, 0.717) is 6.42 Å². The van der Waals surface area contributed by atoms with E-state index in [1.165, 1.54) is 12.2 Å². The van der Waals surface area contributed by atoms with Gasteiger partial charge >= 0.3 is 33.8 Å². The average Bonchev–Trinajstić information content (AvgIpc) is 3.22. The standard InChI is InChI=1S/C13H8F9NO6S/c14-10(15,16)11(17,18)28-12(19,20)13(21,22)30(26,27)29-23-8(24)6-4-1-2-5(3-4)7(6)9(23)25/h1-2,4-5,24-25H,3H2. The van der Waals surface area contributed by atoms with Crippen molar-refractivity contribution in [2.45, 2.75) is 41.9 Å². The third-order valence-corrected chi connectivity index (χ3v) is 5.60. The topological polar surface area (TPSA) is 98.0 Å². The lowest BCUT2D eigenvalue weighted by molar-refractivity contribution is -0.476. The van der Waals surface area contributed by atoms with Gasteiger partial charge in [0.15, 0.2) is 0 Å². The zero-order valence-electron chi connectivity index (χ0n) is 13.8. The lowest BCUT2D eigenvalue weighted by Crippen LogP contribution is -2.56. The summed E-state index contributed by atoms with van der Waals surface area (Å²) in [5.74, 6) is -3.74. The molecular weight excluding hydrogens is 469 g/mol. The zero-order chi connectivity index (χ0) is 23.1. The highest BCUT2D eigenvalue weighted by Gasteiger charge is 2.76. The maximum atomic E-state index is 13.7. The van der Waals surface area contributed by atoms with Crippen LogP contribution in [-0.2, 0) is 14.9 Å². The van der Waals surface area contributed by atoms with Gasteiger partial charge in [0.25, 0.3) is 0 Å². The van der Waals surface area contributed by atoms with Crippen LogP contribution in [0.25, 0.3) is 0 Å². The minimum atomic E-state index is -7.12. The molecule has 0 aromatic carbocycles. The molecule has 1 heterocycles. The monoisotopic (exact) mass is 477 g/mol. The highest BCUT2D eigenvalue weighted by molar-refractivity contribution is 7.88. The van der Waals surface area contributed by atoms with Crippen molar-refractivity contribution >= 4 is 10.1 Å². The predicted octanol–water partition coefficient (Wildman–Crippen LogP) is 3.16. The van der Waals surface area contributed by atoms with E-state index < -0.39 is 62.1 Å². The first-order valence-corrected chi connectivity index (χ1v) is 8.94. The largest absolute Gasteiger partial charge is 0.492 e. The van der Waals surface area contributed by atoms with Crippen LogP contribution in [0.5, 0.6) is 11.8 Å². The molecule has 1 aromatic heterocycles. The van der Waals surface area contributed by atoms with E-state index in [4.69, 9.17) is 0 Å². The second kappa shape index (κ2) is 6.12. The van der Waals surface area contributed by atoms with Crippen LogP contribution in [0, 0.1) is 0 Å². The summed E-state index contributed by atoms with van der Waals surface area (Å²) in [6, 6.07) is 0. The molecule has 2 aliphatic carbocycles. The first-order chi connectivity index (χ1) is 13.3. The van der Waals surface area contributed by atoms with Gasteiger partial charge in [-0.2, -0.15) is 47.9 Å². The van der Waals surface area contributed by atoms with Gasteiger partial charge in [0.05, 0.1) is 0 Å². The second-order valence-electron chi connectivity index (χ2n) is 6.28. The minimum Gasteiger partial charge on any atom is -0.492 e. The van der Waals surface area contributed by atoms with Gasteiger partial charge in [-0.1, -0.05) is 16.9 Å². The molecule has 30 heavy (non-hydrogen) atoms. The molecule has 2 atom stereocenters. The van der Waals surface area contributed by atoms with E-state index >= 15 is 0 Å². The lowest BCUT2D eigenvalue weighted by atomic mass is 10.0. The molecule has 7 nitrogen and oxygen atoms in total. The summed E-state index contributed by atoms with van der Waals surface area (Å²) in [4.78, 5) is 0. The predicted molar refractivity (Wildman–Crippen MR) is 74.5 cm³/mol. The molecule has 2 unspecified atom stereocenters. The Hall–Kier alpha value is -2.30. The Balaban J connectivity index is 1.94. The normalized spacial score (nSPS) is 21.9. The molecule has 17 heteroatoms. The Morgan fingerprint density at radius 2 is 1.30 bits per heavy atom. The van der Waals surface area contributed by atoms with Crippen molar-refractivity contribution in [1.82, 2.24) is 4.73 Å². The molecule has 2 bridgehead atoms. The van der Waals surface area contributed by atoms with Gasteiger partial charge in [0.2, 0.25) is 11.8 Å². The number of halogens is 9. The van der Waals surface area contributed by atoms with Crippen LogP contribution < -0.4 is 4.28 Å². The molecule has 1 aromatic rings. The Bertz CT molecular complexity index is 978. The van der Waals surface area contributed by atoms with Crippen LogP contribution >= 0.6 is 0 Å². The van der Waals surface area contributed by atoms with Gasteiger partial charge in [-0.25, -0.2) is 4.74 Å². The maximum absolute atomic E-state index is 13.7. The van der Waals surface area contributed by atoms with Crippen LogP contribution in [-0.4, -0.2) is 47.0 Å². The molecule has 170 valence electrons. The summed E-state index contributed by atoms with van der Waals surface area (Å²) in [6.07, 6.45) is -17.4. The molecule has 0 amide bonds. The number of rotatable bonds is 6. The van der Waals surface area contributed by atoms with Crippen LogP contribution in [0.4, 0.5) is 39.5 Å². The van der Waals surface area contributed by atoms with E-state index in [1.54, 1.807) is 4.74 Å². The van der Waals surface area contributed by atoms with E-state index in [0.717, 1.165) is 0 Å². The van der Waals surface area contributed by atoms with Crippen molar-refractivity contribution in [1.29, 1.82) is 0 Å². The Labute approximate surface area is 160 Å². The number of allylic oxidation sites excluding steroid dienone is 2. The zero-order valence-corrected chi connectivity index (χ0v) is 14.6. The molecule has 2 N–H and O–H groups in total. The summed E-state index contributed by atoms with van der Waals surface area (Å²) in [5.41, 5.74) is -0.324. The third-order valence-electron chi connectivity index (χ3n) is 4.39. The van der Waals surface area contributed by atoms with E-state index in [-0.39, 0.29) is 11.1 Å². The van der Waals surface area contributed by atoms with Crippen molar-refractivity contribution in [3.8, 4) is 11.8 Å². The van der Waals surface area contributed by atoms with Crippen LogP contribution in [0.3, 0.4) is 0 Å². The number of fused-ring (bicyclic) bond motifs is 5. The summed E-state index contributed by atoms with van der Waals surface area (Å²) >= 11 is 0. The summed E-state index contributed by atoms with van der Waals surface area (Å²) in [7, 11) is -7.12. The smallest absolute Gasteiger partial charge is 0.483 e. The molecule has 2 aliphatic rings. The third kappa shape index (κ3) is 2.97. The van der Waals surface area contributed by atoms with Gasteiger partial charge in [-0.05, 0) is 6.42 Å². The number of hydrogen-bond donors (Lipinski definition) is 2. The summed E-state index contributed by atoms with van der Waals surface area (Å²) in [6.45, 7) is 0. The van der Waals surface area contributed by atoms with Gasteiger partial charge in [0.1, 0.15) is 0 Å². The Morgan fingerprint density at radius 3 is 1.70 bits per heavy atom. The fraction of sp³-hybridized carbons (Fsp3) is 0.538. The highest BCUT2D eigenvalue weighted by atomic mass is 32.2. The number of ether oxygens (including phenoxy) is 1. The quantitative estimate of drug-likeness (QED) is 0.483. The van der Waals surface area contributed by atoms with E-state index in [1.807, 2.05) is 0 Å². The summed E-state index contributed by atoms with van der Waals surface area (Å²) in [5, 5.41) is 13.0. The first kappa shape index (κ1) is 22.4. The molecule has 0 spiro atoms. The number of aromatic nitrogens is 1. The van der Waals surface area contributed by atoms with Crippen molar-refractivity contribution in [2.75, 3.05) is 0 Å². The molecule has 0 fully saturated rings. The van der Waals surface area contributed by atoms with Crippen molar-refractivity contribution in [3.05, 3.63) is 23.3 Å². The highest BCUT2D eigenvalue weighted by Crippen LogP contribution is 2.56. The van der Waals surface area contributed by atoms with Gasteiger partial charge in [-0.3, -0.25) is 4.28 Å². The van der Waals surface area contributed by atoms with Crippen molar-refractivity contribution in [2.24, 2.45) is 0 Å². The minimum absolute atomic E-state index is 0.162. The fourth-order valence-corrected chi connectivity index (χ4v) is 3.82. The van der Waals surface area contributed by atoms with E-state index in [2.05, 4.69) is 4.28 Å². The van der Waals surface area contributed by atoms with Gasteiger partial charge < -0.3 is 10.2 Å². The SMILES string of the molecule is O=S(=O)(On1c(O)c2c(c1O)C1C=CC2C1)C(F)(F)C(F)(F)OC(F)(F)C(F)(F)F. The first-order valence-electron chi connectivity index (χ1n) is 7.53. The van der Waals surface area contributed by atoms with Gasteiger partial charge in [-0.15, -0.1) is 0 Å². The average molecular weight is 477 g/mol. The summed E-state index contributed by atoms with van der Waals surface area (Å²) < 4.78 is 143. The Morgan fingerprint density at radius 1 is 0.867 bits per heavy atom. The van der Waals surface area contributed by atoms with Crippen LogP contribution in [0.2, 0.25) is 0 Å². The second-order valence-corrected chi connectivity index (χ2v) is 7.85. The molecule has 0 saturated carbocycles. The number of nitrogens with zero attached hydrogens (tertiary/aromatic N) is 1. The molecule has 0 radical (unpaired) electrons. The van der Waals surface area contributed by atoms with Gasteiger partial charge in [0, 0.05) is 23.0 Å². The van der Waals surface area contributed by atoms with Crippen LogP contribution in [0.1, 0.15) is 29.4 Å². The molecule has 0 aliphatic heterocycles. The molecule has 3 rings (SSSR count). The van der Waals surface area contributed by atoms with Crippen molar-refractivity contribution < 1.29 is 67.2 Å². The Kier molecular flexibility index (Phi) is 4.56. The maximum Gasteiger partial charge on any atom is 0.483 e. The number of alkyl halides is 9. The molecule has 0 saturated heterocycles. The van der Waals surface area contributed by atoms with Crippen LogP contribution in [0.15, 0.2) is 12.2 Å². The fourth-order valence-electron chi connectivity index (χ4n) is 3.06. The lowest BCUT2D eigenvalue weighted by Gasteiger charge is -2.29. The van der Waals surface area contributed by atoms with E-state index in [9.17, 15) is 58.1 Å². The number of aromatic hydroxyl groups is 2. The number of hydrogen-bond acceptors (Lipinski definition) is 6. The van der Waals surface area contributed by atoms with Crippen molar-refractivity contribution in [3.63, 3.8) is 0 Å².